The number of nitrogens with zero attached hydrogens (tertiary/aromatic N) is 1. The van der Waals surface area contributed by atoms with Crippen molar-refractivity contribution in [3.63, 3.8) is 0 Å². The predicted octanol–water partition coefficient (Wildman–Crippen LogP) is 1.65. The molecule has 0 atom stereocenters. The Balaban J connectivity index is 2.49. The van der Waals surface area contributed by atoms with E-state index in [1.54, 1.807) is 0 Å². The van der Waals surface area contributed by atoms with Gasteiger partial charge in [-0.05, 0) is 45.3 Å². The Morgan fingerprint density at radius 1 is 1.35 bits per heavy atom. The number of rotatable bonds is 5. The number of halogens is 2. The number of hydrogen-bond acceptors (Lipinski definition) is 2. The van der Waals surface area contributed by atoms with Gasteiger partial charge in [-0.25, -0.2) is 8.78 Å². The first-order chi connectivity index (χ1) is 8.00. The number of carbonyl (C=O) groups excluding carboxylic acids is 1. The molecular weight excluding hydrogens is 226 g/mol. The lowest BCUT2D eigenvalue weighted by atomic mass is 10.2. The van der Waals surface area contributed by atoms with E-state index in [-0.39, 0.29) is 5.56 Å². The van der Waals surface area contributed by atoms with Crippen molar-refractivity contribution in [2.75, 3.05) is 27.2 Å². The van der Waals surface area contributed by atoms with E-state index in [2.05, 4.69) is 5.32 Å². The molecule has 0 fully saturated rings. The Hall–Kier alpha value is -1.49. The maximum atomic E-state index is 13.2. The van der Waals surface area contributed by atoms with Crippen molar-refractivity contribution in [3.05, 3.63) is 35.4 Å². The van der Waals surface area contributed by atoms with E-state index in [4.69, 9.17) is 0 Å². The summed E-state index contributed by atoms with van der Waals surface area (Å²) >= 11 is 0. The lowest BCUT2D eigenvalue weighted by Crippen LogP contribution is -2.27. The van der Waals surface area contributed by atoms with E-state index in [1.165, 1.54) is 0 Å². The van der Waals surface area contributed by atoms with Gasteiger partial charge in [0.15, 0.2) is 0 Å². The number of carbonyl (C=O) groups is 1. The van der Waals surface area contributed by atoms with Crippen LogP contribution in [0.1, 0.15) is 16.8 Å². The van der Waals surface area contributed by atoms with Crippen molar-refractivity contribution < 1.29 is 13.6 Å². The van der Waals surface area contributed by atoms with Crippen LogP contribution in [0, 0.1) is 11.6 Å². The summed E-state index contributed by atoms with van der Waals surface area (Å²) in [5.74, 6) is -1.91. The van der Waals surface area contributed by atoms with Crippen LogP contribution in [0.4, 0.5) is 8.78 Å². The third kappa shape index (κ3) is 4.48. The first kappa shape index (κ1) is 13.6. The van der Waals surface area contributed by atoms with Gasteiger partial charge in [-0.2, -0.15) is 0 Å². The zero-order chi connectivity index (χ0) is 12.8. The van der Waals surface area contributed by atoms with Crippen molar-refractivity contribution in [1.82, 2.24) is 10.2 Å². The van der Waals surface area contributed by atoms with E-state index >= 15 is 0 Å². The monoisotopic (exact) mass is 242 g/mol. The van der Waals surface area contributed by atoms with Gasteiger partial charge >= 0.3 is 0 Å². The van der Waals surface area contributed by atoms with E-state index in [9.17, 15) is 13.6 Å². The maximum absolute atomic E-state index is 13.2. The molecule has 1 rings (SSSR count). The molecule has 0 aliphatic heterocycles. The van der Waals surface area contributed by atoms with Crippen molar-refractivity contribution in [2.24, 2.45) is 0 Å². The topological polar surface area (TPSA) is 32.3 Å². The van der Waals surface area contributed by atoms with Gasteiger partial charge in [0.1, 0.15) is 11.6 Å². The van der Waals surface area contributed by atoms with Crippen LogP contribution in [0.5, 0.6) is 0 Å². The molecule has 1 aromatic rings. The van der Waals surface area contributed by atoms with Gasteiger partial charge in [0.05, 0.1) is 5.56 Å². The normalized spacial score (nSPS) is 10.6. The molecule has 0 spiro atoms. The number of nitrogens with one attached hydrogen (secondary N) is 1. The first-order valence-corrected chi connectivity index (χ1v) is 5.38. The highest BCUT2D eigenvalue weighted by atomic mass is 19.1. The van der Waals surface area contributed by atoms with Crippen LogP contribution >= 0.6 is 0 Å². The van der Waals surface area contributed by atoms with Crippen LogP contribution in [-0.2, 0) is 0 Å². The molecular formula is C12H16F2N2O. The van der Waals surface area contributed by atoms with E-state index < -0.39 is 17.5 Å². The van der Waals surface area contributed by atoms with Gasteiger partial charge in [-0.3, -0.25) is 4.79 Å². The summed E-state index contributed by atoms with van der Waals surface area (Å²) in [6.07, 6.45) is 0.760. The SMILES string of the molecule is CN(C)CCCNC(=O)c1cc(F)ccc1F. The summed E-state index contributed by atoms with van der Waals surface area (Å²) in [6.45, 7) is 1.26. The smallest absolute Gasteiger partial charge is 0.254 e. The van der Waals surface area contributed by atoms with Gasteiger partial charge in [-0.15, -0.1) is 0 Å². The molecule has 0 heterocycles. The van der Waals surface area contributed by atoms with E-state index in [0.717, 1.165) is 31.2 Å². The summed E-state index contributed by atoms with van der Waals surface area (Å²) in [5, 5.41) is 2.55. The summed E-state index contributed by atoms with van der Waals surface area (Å²) in [7, 11) is 3.85. The van der Waals surface area contributed by atoms with Crippen LogP contribution < -0.4 is 5.32 Å². The number of amides is 1. The lowest BCUT2D eigenvalue weighted by molar-refractivity contribution is 0.0948. The average Bonchev–Trinajstić information content (AvgIpc) is 2.27. The molecule has 0 saturated carbocycles. The summed E-state index contributed by atoms with van der Waals surface area (Å²) in [4.78, 5) is 13.5. The van der Waals surface area contributed by atoms with Crippen molar-refractivity contribution in [2.45, 2.75) is 6.42 Å². The molecule has 1 amide bonds. The Kier molecular flexibility index (Phi) is 5.03. The van der Waals surface area contributed by atoms with Crippen molar-refractivity contribution in [1.29, 1.82) is 0 Å². The third-order valence-electron chi connectivity index (χ3n) is 2.24. The van der Waals surface area contributed by atoms with Crippen LogP contribution in [0.15, 0.2) is 18.2 Å². The first-order valence-electron chi connectivity index (χ1n) is 5.38. The minimum absolute atomic E-state index is 0.255. The Bertz CT molecular complexity index is 394. The van der Waals surface area contributed by atoms with Crippen molar-refractivity contribution >= 4 is 5.91 Å². The van der Waals surface area contributed by atoms with E-state index in [0.29, 0.717) is 6.54 Å². The maximum Gasteiger partial charge on any atom is 0.254 e. The van der Waals surface area contributed by atoms with Gasteiger partial charge in [0, 0.05) is 6.54 Å². The zero-order valence-electron chi connectivity index (χ0n) is 9.96. The molecule has 0 saturated heterocycles. The minimum atomic E-state index is -0.712. The fourth-order valence-corrected chi connectivity index (χ4v) is 1.36. The second-order valence-electron chi connectivity index (χ2n) is 4.04. The molecule has 3 nitrogen and oxygen atoms in total. The molecule has 0 bridgehead atoms. The highest BCUT2D eigenvalue weighted by Gasteiger charge is 2.11. The van der Waals surface area contributed by atoms with Crippen LogP contribution in [0.25, 0.3) is 0 Å². The highest BCUT2D eigenvalue weighted by Crippen LogP contribution is 2.09. The van der Waals surface area contributed by atoms with Gasteiger partial charge in [0.2, 0.25) is 0 Å². The average molecular weight is 242 g/mol. The van der Waals surface area contributed by atoms with Gasteiger partial charge in [-0.1, -0.05) is 0 Å². The predicted molar refractivity (Wildman–Crippen MR) is 61.9 cm³/mol. The van der Waals surface area contributed by atoms with Gasteiger partial charge in [0.25, 0.3) is 5.91 Å². The number of hydrogen-bond donors (Lipinski definition) is 1. The Morgan fingerprint density at radius 3 is 2.71 bits per heavy atom. The molecule has 0 aliphatic rings. The second-order valence-corrected chi connectivity index (χ2v) is 4.04. The van der Waals surface area contributed by atoms with Crippen LogP contribution in [0.3, 0.4) is 0 Å². The van der Waals surface area contributed by atoms with E-state index in [1.807, 2.05) is 19.0 Å². The quantitative estimate of drug-likeness (QED) is 0.796. The molecule has 94 valence electrons. The summed E-state index contributed by atoms with van der Waals surface area (Å²) in [5.41, 5.74) is -0.255. The molecule has 0 aliphatic carbocycles. The lowest BCUT2D eigenvalue weighted by Gasteiger charge is -2.10. The second kappa shape index (κ2) is 6.30. The van der Waals surface area contributed by atoms with Crippen molar-refractivity contribution in [3.8, 4) is 0 Å². The summed E-state index contributed by atoms with van der Waals surface area (Å²) in [6, 6.07) is 2.83. The zero-order valence-corrected chi connectivity index (χ0v) is 9.96. The molecule has 0 unspecified atom stereocenters. The molecule has 5 heteroatoms. The molecule has 0 aromatic heterocycles. The molecule has 1 aromatic carbocycles. The van der Waals surface area contributed by atoms with Crippen LogP contribution in [0.2, 0.25) is 0 Å². The molecule has 1 N–H and O–H groups in total. The summed E-state index contributed by atoms with van der Waals surface area (Å²) < 4.78 is 26.1. The number of benzene rings is 1. The fourth-order valence-electron chi connectivity index (χ4n) is 1.36. The Labute approximate surface area is 99.4 Å². The third-order valence-corrected chi connectivity index (χ3v) is 2.24. The molecule has 0 radical (unpaired) electrons. The molecule has 17 heavy (non-hydrogen) atoms. The Morgan fingerprint density at radius 2 is 2.06 bits per heavy atom. The largest absolute Gasteiger partial charge is 0.352 e. The minimum Gasteiger partial charge on any atom is -0.352 e. The highest BCUT2D eigenvalue weighted by molar-refractivity contribution is 5.94. The van der Waals surface area contributed by atoms with Crippen LogP contribution in [-0.4, -0.2) is 38.0 Å². The fraction of sp³-hybridized carbons (Fsp3) is 0.417. The van der Waals surface area contributed by atoms with Gasteiger partial charge < -0.3 is 10.2 Å². The standard InChI is InChI=1S/C12H16F2N2O/c1-16(2)7-3-6-15-12(17)10-8-9(13)4-5-11(10)14/h4-5,8H,3,6-7H2,1-2H3,(H,15,17).